The Labute approximate surface area is 117 Å². The van der Waals surface area contributed by atoms with Crippen LogP contribution in [0.4, 0.5) is 0 Å². The fourth-order valence-corrected chi connectivity index (χ4v) is 2.37. The molecular weight excluding hydrogens is 288 g/mol. The van der Waals surface area contributed by atoms with Gasteiger partial charge in [0, 0.05) is 0 Å². The van der Waals surface area contributed by atoms with Crippen LogP contribution in [0.5, 0.6) is 10.1 Å². The Morgan fingerprint density at radius 1 is 1.11 bits per heavy atom. The quantitative estimate of drug-likeness (QED) is 0.856. The molecule has 2 rings (SSSR count). The Bertz CT molecular complexity index is 532. The average molecular weight is 298 g/mol. The first-order valence-electron chi connectivity index (χ1n) is 5.32. The first kappa shape index (κ1) is 13.7. The Morgan fingerprint density at radius 3 is 2.21 bits per heavy atom. The third kappa shape index (κ3) is 4.16. The minimum absolute atomic E-state index is 0.371. The van der Waals surface area contributed by atoms with Crippen molar-refractivity contribution in [1.29, 1.82) is 0 Å². The molecule has 5 nitrogen and oxygen atoms in total. The van der Waals surface area contributed by atoms with E-state index in [0.717, 1.165) is 0 Å². The minimum Gasteiger partial charge on any atom is -0.415 e. The summed E-state index contributed by atoms with van der Waals surface area (Å²) in [5.74, 6) is -1.55. The summed E-state index contributed by atoms with van der Waals surface area (Å²) in [4.78, 5) is 22.9. The van der Waals surface area contributed by atoms with E-state index < -0.39 is 24.5 Å². The average Bonchev–Trinajstić information content (AvgIpc) is 3.01. The number of esters is 2. The van der Waals surface area contributed by atoms with Gasteiger partial charge < -0.3 is 14.6 Å². The van der Waals surface area contributed by atoms with Crippen molar-refractivity contribution in [1.82, 2.24) is 0 Å². The summed E-state index contributed by atoms with van der Waals surface area (Å²) < 4.78 is 9.80. The van der Waals surface area contributed by atoms with Crippen LogP contribution in [0.25, 0.3) is 0 Å². The summed E-state index contributed by atoms with van der Waals surface area (Å²) >= 11 is 2.47. The van der Waals surface area contributed by atoms with Crippen molar-refractivity contribution in [3.8, 4) is 10.1 Å². The maximum atomic E-state index is 11.5. The second-order valence-electron chi connectivity index (χ2n) is 3.48. The molecule has 0 radical (unpaired) electrons. The van der Waals surface area contributed by atoms with Crippen molar-refractivity contribution >= 4 is 34.6 Å². The number of rotatable bonds is 5. The van der Waals surface area contributed by atoms with Crippen molar-refractivity contribution in [2.45, 2.75) is 12.5 Å². The summed E-state index contributed by atoms with van der Waals surface area (Å²) in [6.45, 7) is 0. The molecule has 0 aliphatic heterocycles. The van der Waals surface area contributed by atoms with Crippen molar-refractivity contribution in [3.63, 3.8) is 0 Å². The molecule has 100 valence electrons. The number of carbonyl (C=O) groups is 2. The van der Waals surface area contributed by atoms with Gasteiger partial charge in [0.25, 0.3) is 0 Å². The number of aliphatic hydroxyl groups is 1. The summed E-state index contributed by atoms with van der Waals surface area (Å²) in [6.07, 6.45) is -1.98. The largest absolute Gasteiger partial charge is 0.415 e. The highest BCUT2D eigenvalue weighted by molar-refractivity contribution is 7.12. The Hall–Kier alpha value is -1.70. The van der Waals surface area contributed by atoms with Crippen LogP contribution in [0.3, 0.4) is 0 Å². The van der Waals surface area contributed by atoms with E-state index in [1.165, 1.54) is 22.7 Å². The summed E-state index contributed by atoms with van der Waals surface area (Å²) in [5, 5.41) is 13.8. The lowest BCUT2D eigenvalue weighted by Crippen LogP contribution is -2.29. The highest BCUT2D eigenvalue weighted by atomic mass is 32.1. The van der Waals surface area contributed by atoms with E-state index in [1.54, 1.807) is 35.0 Å². The minimum atomic E-state index is -1.53. The number of aliphatic hydroxyl groups excluding tert-OH is 1. The Balaban J connectivity index is 1.81. The Morgan fingerprint density at radius 2 is 1.68 bits per heavy atom. The monoisotopic (exact) mass is 298 g/mol. The third-order valence-electron chi connectivity index (χ3n) is 2.04. The molecule has 19 heavy (non-hydrogen) atoms. The van der Waals surface area contributed by atoms with Gasteiger partial charge in [-0.1, -0.05) is 0 Å². The molecule has 0 saturated carbocycles. The number of carbonyl (C=O) groups excluding carboxylic acids is 2. The van der Waals surface area contributed by atoms with Crippen LogP contribution in [0.15, 0.2) is 35.0 Å². The molecule has 0 aromatic carbocycles. The molecule has 7 heteroatoms. The van der Waals surface area contributed by atoms with Crippen LogP contribution >= 0.6 is 22.7 Å². The van der Waals surface area contributed by atoms with E-state index in [4.69, 9.17) is 9.47 Å². The SMILES string of the molecule is O=C(CC(O)C(=O)Oc1cccs1)Oc1cccs1. The van der Waals surface area contributed by atoms with Crippen LogP contribution in [0.1, 0.15) is 6.42 Å². The van der Waals surface area contributed by atoms with Gasteiger partial charge in [-0.2, -0.15) is 0 Å². The summed E-state index contributed by atoms with van der Waals surface area (Å²) in [5.41, 5.74) is 0. The molecule has 1 N–H and O–H groups in total. The molecule has 0 aliphatic carbocycles. The zero-order valence-corrected chi connectivity index (χ0v) is 11.3. The van der Waals surface area contributed by atoms with Gasteiger partial charge in [-0.15, -0.1) is 22.7 Å². The highest BCUT2D eigenvalue weighted by Gasteiger charge is 2.22. The topological polar surface area (TPSA) is 72.8 Å². The maximum Gasteiger partial charge on any atom is 0.341 e. The van der Waals surface area contributed by atoms with Crippen molar-refractivity contribution in [2.75, 3.05) is 0 Å². The first-order valence-corrected chi connectivity index (χ1v) is 7.08. The van der Waals surface area contributed by atoms with Gasteiger partial charge in [0.05, 0.1) is 6.42 Å². The van der Waals surface area contributed by atoms with Gasteiger partial charge in [0.1, 0.15) is 0 Å². The number of hydrogen-bond donors (Lipinski definition) is 1. The molecule has 0 fully saturated rings. The standard InChI is InChI=1S/C12H10O5S2/c13-8(12(15)17-11-4-2-6-19-11)7-9(14)16-10-3-1-5-18-10/h1-6,8,13H,7H2. The van der Waals surface area contributed by atoms with Gasteiger partial charge in [0.15, 0.2) is 16.2 Å². The molecule has 0 saturated heterocycles. The predicted molar refractivity (Wildman–Crippen MR) is 70.5 cm³/mol. The summed E-state index contributed by atoms with van der Waals surface area (Å²) in [7, 11) is 0. The van der Waals surface area contributed by atoms with E-state index in [2.05, 4.69) is 0 Å². The molecule has 0 spiro atoms. The normalized spacial score (nSPS) is 11.8. The third-order valence-corrected chi connectivity index (χ3v) is 3.53. The fourth-order valence-electron chi connectivity index (χ4n) is 1.21. The van der Waals surface area contributed by atoms with Gasteiger partial charge >= 0.3 is 11.9 Å². The van der Waals surface area contributed by atoms with Gasteiger partial charge in [-0.05, 0) is 35.0 Å². The predicted octanol–water partition coefficient (Wildman–Crippen LogP) is 2.07. The molecule has 0 bridgehead atoms. The molecule has 2 heterocycles. The van der Waals surface area contributed by atoms with Crippen molar-refractivity contribution in [3.05, 3.63) is 35.0 Å². The molecule has 2 aromatic rings. The molecule has 2 aromatic heterocycles. The number of thiophene rings is 2. The van der Waals surface area contributed by atoms with E-state index in [1.807, 2.05) is 0 Å². The lowest BCUT2D eigenvalue weighted by molar-refractivity contribution is -0.149. The van der Waals surface area contributed by atoms with Gasteiger partial charge in [-0.3, -0.25) is 4.79 Å². The smallest absolute Gasteiger partial charge is 0.341 e. The molecular formula is C12H10O5S2. The maximum absolute atomic E-state index is 11.5. The van der Waals surface area contributed by atoms with E-state index >= 15 is 0 Å². The van der Waals surface area contributed by atoms with Crippen LogP contribution in [-0.2, 0) is 9.59 Å². The fraction of sp³-hybridized carbons (Fsp3) is 0.167. The first-order chi connectivity index (χ1) is 9.15. The molecule has 0 aliphatic rings. The lowest BCUT2D eigenvalue weighted by Gasteiger charge is -2.08. The molecule has 1 unspecified atom stereocenters. The number of hydrogen-bond acceptors (Lipinski definition) is 7. The highest BCUT2D eigenvalue weighted by Crippen LogP contribution is 2.20. The van der Waals surface area contributed by atoms with E-state index in [9.17, 15) is 14.7 Å². The van der Waals surface area contributed by atoms with Crippen molar-refractivity contribution in [2.24, 2.45) is 0 Å². The van der Waals surface area contributed by atoms with Gasteiger partial charge in [-0.25, -0.2) is 4.79 Å². The molecule has 0 amide bonds. The van der Waals surface area contributed by atoms with Crippen LogP contribution in [-0.4, -0.2) is 23.1 Å². The van der Waals surface area contributed by atoms with E-state index in [-0.39, 0.29) is 0 Å². The second kappa shape index (κ2) is 6.46. The van der Waals surface area contributed by atoms with Crippen LogP contribution in [0.2, 0.25) is 0 Å². The zero-order valence-electron chi connectivity index (χ0n) is 9.65. The van der Waals surface area contributed by atoms with Crippen LogP contribution in [0, 0.1) is 0 Å². The van der Waals surface area contributed by atoms with E-state index in [0.29, 0.717) is 10.1 Å². The zero-order chi connectivity index (χ0) is 13.7. The molecule has 1 atom stereocenters. The second-order valence-corrected chi connectivity index (χ2v) is 5.30. The Kier molecular flexibility index (Phi) is 4.67. The van der Waals surface area contributed by atoms with Crippen LogP contribution < -0.4 is 9.47 Å². The summed E-state index contributed by atoms with van der Waals surface area (Å²) in [6, 6.07) is 6.66. The number of ether oxygens (including phenoxy) is 2. The van der Waals surface area contributed by atoms with Crippen molar-refractivity contribution < 1.29 is 24.2 Å². The lowest BCUT2D eigenvalue weighted by atomic mass is 10.2. The van der Waals surface area contributed by atoms with Gasteiger partial charge in [0.2, 0.25) is 0 Å².